The van der Waals surface area contributed by atoms with E-state index in [0.29, 0.717) is 5.56 Å². The lowest BCUT2D eigenvalue weighted by molar-refractivity contribution is -0.138. The van der Waals surface area contributed by atoms with Gasteiger partial charge in [0.2, 0.25) is 11.8 Å². The lowest BCUT2D eigenvalue weighted by Gasteiger charge is -2.23. The van der Waals surface area contributed by atoms with Gasteiger partial charge in [-0.3, -0.25) is 14.4 Å². The molecule has 1 aromatic rings. The van der Waals surface area contributed by atoms with Gasteiger partial charge in [0, 0.05) is 6.42 Å². The predicted octanol–water partition coefficient (Wildman–Crippen LogP) is -0.712. The smallest absolute Gasteiger partial charge is 0.336 e. The van der Waals surface area contributed by atoms with Crippen molar-refractivity contribution in [2.24, 2.45) is 11.7 Å². The molecule has 1 saturated heterocycles. The molecule has 1 heterocycles. The van der Waals surface area contributed by atoms with Crippen LogP contribution in [0.2, 0.25) is 0 Å². The number of nitrogens with one attached hydrogen (secondary N) is 2. The molecular formula is C19H25N3O7. The van der Waals surface area contributed by atoms with Gasteiger partial charge in [-0.15, -0.1) is 0 Å². The number of aromatic hydroxyl groups is 1. The highest BCUT2D eigenvalue weighted by Gasteiger charge is 2.51. The first-order valence-electron chi connectivity index (χ1n) is 9.14. The van der Waals surface area contributed by atoms with Crippen LogP contribution in [0.1, 0.15) is 25.8 Å². The van der Waals surface area contributed by atoms with E-state index in [9.17, 15) is 24.3 Å². The third-order valence-corrected chi connectivity index (χ3v) is 4.37. The summed E-state index contributed by atoms with van der Waals surface area (Å²) in [6, 6.07) is 4.09. The van der Waals surface area contributed by atoms with Crippen molar-refractivity contribution < 1.29 is 34.1 Å². The number of phenols is 1. The number of carbonyl (C=O) groups is 4. The summed E-state index contributed by atoms with van der Waals surface area (Å²) in [5, 5.41) is 23.2. The molecule has 4 atom stereocenters. The SMILES string of the molecule is CC(C)C[C@H](NC(=O)[C@@H]1O[C@H]1C(=O)O)C(=O)N[C@@H](Cc1ccc(O)cc1)C(N)=O. The number of nitrogens with two attached hydrogens (primary N) is 1. The Bertz CT molecular complexity index is 779. The summed E-state index contributed by atoms with van der Waals surface area (Å²) in [6.07, 6.45) is -1.98. The molecule has 0 bridgehead atoms. The monoisotopic (exact) mass is 407 g/mol. The highest BCUT2D eigenvalue weighted by atomic mass is 16.6. The average molecular weight is 407 g/mol. The fraction of sp³-hybridized carbons (Fsp3) is 0.474. The Kier molecular flexibility index (Phi) is 7.16. The standard InChI is InChI=1S/C19H25N3O7/c1-9(2)7-13(22-18(26)14-15(29-14)19(27)28)17(25)21-12(16(20)24)8-10-3-5-11(23)6-4-10/h3-6,9,12-15,23H,7-8H2,1-2H3,(H2,20,24)(H,21,25)(H,22,26)(H,27,28)/t12-,13-,14+,15+/m0/s1. The molecule has 158 valence electrons. The molecule has 29 heavy (non-hydrogen) atoms. The van der Waals surface area contributed by atoms with Crippen molar-refractivity contribution in [3.05, 3.63) is 29.8 Å². The van der Waals surface area contributed by atoms with Crippen LogP contribution < -0.4 is 16.4 Å². The molecule has 10 heteroatoms. The number of primary amides is 1. The molecule has 0 aliphatic carbocycles. The predicted molar refractivity (Wildman–Crippen MR) is 101 cm³/mol. The second-order valence-corrected chi connectivity index (χ2v) is 7.34. The molecule has 3 amide bonds. The van der Waals surface area contributed by atoms with Gasteiger partial charge in [-0.25, -0.2) is 4.79 Å². The Morgan fingerprint density at radius 3 is 2.17 bits per heavy atom. The minimum atomic E-state index is -1.25. The largest absolute Gasteiger partial charge is 0.508 e. The molecule has 0 spiro atoms. The van der Waals surface area contributed by atoms with E-state index in [0.717, 1.165) is 0 Å². The molecule has 1 fully saturated rings. The maximum Gasteiger partial charge on any atom is 0.336 e. The zero-order chi connectivity index (χ0) is 21.7. The second kappa shape index (κ2) is 9.37. The summed E-state index contributed by atoms with van der Waals surface area (Å²) in [4.78, 5) is 47.5. The zero-order valence-corrected chi connectivity index (χ0v) is 16.1. The number of phenolic OH excluding ortho intramolecular Hbond substituents is 1. The first kappa shape index (κ1) is 22.2. The number of ether oxygens (including phenoxy) is 1. The summed E-state index contributed by atoms with van der Waals surface area (Å²) in [7, 11) is 0. The van der Waals surface area contributed by atoms with Crippen molar-refractivity contribution in [3.63, 3.8) is 0 Å². The number of hydrogen-bond donors (Lipinski definition) is 5. The van der Waals surface area contributed by atoms with Crippen LogP contribution in [0.5, 0.6) is 5.75 Å². The van der Waals surface area contributed by atoms with Gasteiger partial charge in [-0.05, 0) is 30.0 Å². The van der Waals surface area contributed by atoms with Crippen LogP contribution in [-0.4, -0.2) is 58.2 Å². The van der Waals surface area contributed by atoms with Gasteiger partial charge in [-0.2, -0.15) is 0 Å². The van der Waals surface area contributed by atoms with Crippen molar-refractivity contribution in [2.45, 2.75) is 51.0 Å². The third kappa shape index (κ3) is 6.46. The molecule has 1 aromatic carbocycles. The Balaban J connectivity index is 2.04. The molecule has 1 aliphatic rings. The molecule has 0 unspecified atom stereocenters. The van der Waals surface area contributed by atoms with E-state index >= 15 is 0 Å². The van der Waals surface area contributed by atoms with Gasteiger partial charge in [0.05, 0.1) is 0 Å². The third-order valence-electron chi connectivity index (χ3n) is 4.37. The molecule has 2 rings (SSSR count). The van der Waals surface area contributed by atoms with E-state index in [2.05, 4.69) is 10.6 Å². The number of benzene rings is 1. The molecular weight excluding hydrogens is 382 g/mol. The maximum absolute atomic E-state index is 12.7. The minimum absolute atomic E-state index is 0.0329. The Morgan fingerprint density at radius 2 is 1.69 bits per heavy atom. The number of carboxylic acid groups (broad SMARTS) is 1. The number of amides is 3. The van der Waals surface area contributed by atoms with Crippen molar-refractivity contribution >= 4 is 23.7 Å². The summed E-state index contributed by atoms with van der Waals surface area (Å²) in [5.41, 5.74) is 6.07. The van der Waals surface area contributed by atoms with Gasteiger partial charge < -0.3 is 31.3 Å². The number of epoxide rings is 1. The van der Waals surface area contributed by atoms with Gasteiger partial charge in [0.1, 0.15) is 17.8 Å². The second-order valence-electron chi connectivity index (χ2n) is 7.34. The topological polar surface area (TPSA) is 171 Å². The van der Waals surface area contributed by atoms with Crippen LogP contribution in [0.15, 0.2) is 24.3 Å². The van der Waals surface area contributed by atoms with Crippen molar-refractivity contribution in [1.29, 1.82) is 0 Å². The number of carboxylic acids is 1. The molecule has 0 saturated carbocycles. The first-order valence-corrected chi connectivity index (χ1v) is 9.14. The quantitative estimate of drug-likeness (QED) is 0.319. The van der Waals surface area contributed by atoms with E-state index in [1.165, 1.54) is 12.1 Å². The highest BCUT2D eigenvalue weighted by molar-refractivity contribution is 5.96. The Labute approximate surface area is 167 Å². The van der Waals surface area contributed by atoms with Crippen LogP contribution in [-0.2, 0) is 30.3 Å². The summed E-state index contributed by atoms with van der Waals surface area (Å²) < 4.78 is 4.80. The van der Waals surface area contributed by atoms with Crippen molar-refractivity contribution in [3.8, 4) is 5.75 Å². The summed E-state index contributed by atoms with van der Waals surface area (Å²) >= 11 is 0. The highest BCUT2D eigenvalue weighted by Crippen LogP contribution is 2.22. The summed E-state index contributed by atoms with van der Waals surface area (Å²) in [5.74, 6) is -3.22. The zero-order valence-electron chi connectivity index (χ0n) is 16.1. The number of carbonyl (C=O) groups excluding carboxylic acids is 3. The van der Waals surface area contributed by atoms with E-state index in [-0.39, 0.29) is 24.5 Å². The molecule has 1 aliphatic heterocycles. The van der Waals surface area contributed by atoms with E-state index < -0.39 is 48.0 Å². The molecule has 6 N–H and O–H groups in total. The lowest BCUT2D eigenvalue weighted by Crippen LogP contribution is -2.54. The van der Waals surface area contributed by atoms with E-state index in [1.54, 1.807) is 12.1 Å². The van der Waals surface area contributed by atoms with Gasteiger partial charge in [-0.1, -0.05) is 26.0 Å². The van der Waals surface area contributed by atoms with Gasteiger partial charge >= 0.3 is 5.97 Å². The van der Waals surface area contributed by atoms with Crippen LogP contribution in [0.25, 0.3) is 0 Å². The normalized spacial score (nSPS) is 19.8. The number of rotatable bonds is 10. The number of hydrogen-bond acceptors (Lipinski definition) is 6. The Morgan fingerprint density at radius 1 is 1.07 bits per heavy atom. The van der Waals surface area contributed by atoms with Crippen LogP contribution in [0, 0.1) is 5.92 Å². The van der Waals surface area contributed by atoms with Crippen molar-refractivity contribution in [1.82, 2.24) is 10.6 Å². The van der Waals surface area contributed by atoms with Gasteiger partial charge in [0.15, 0.2) is 12.2 Å². The minimum Gasteiger partial charge on any atom is -0.508 e. The van der Waals surface area contributed by atoms with E-state index in [4.69, 9.17) is 15.6 Å². The van der Waals surface area contributed by atoms with Gasteiger partial charge in [0.25, 0.3) is 5.91 Å². The first-order chi connectivity index (χ1) is 13.6. The number of aliphatic carboxylic acids is 1. The Hall–Kier alpha value is -3.14. The van der Waals surface area contributed by atoms with Crippen molar-refractivity contribution in [2.75, 3.05) is 0 Å². The fourth-order valence-electron chi connectivity index (χ4n) is 2.82. The molecule has 10 nitrogen and oxygen atoms in total. The molecule has 0 aromatic heterocycles. The van der Waals surface area contributed by atoms with Crippen LogP contribution in [0.3, 0.4) is 0 Å². The van der Waals surface area contributed by atoms with Crippen LogP contribution in [0.4, 0.5) is 0 Å². The van der Waals surface area contributed by atoms with E-state index in [1.807, 2.05) is 13.8 Å². The average Bonchev–Trinajstić information content (AvgIpc) is 3.43. The molecule has 0 radical (unpaired) electrons. The lowest BCUT2D eigenvalue weighted by atomic mass is 10.0. The fourth-order valence-corrected chi connectivity index (χ4v) is 2.82. The maximum atomic E-state index is 12.7. The van der Waals surface area contributed by atoms with Crippen LogP contribution >= 0.6 is 0 Å². The summed E-state index contributed by atoms with van der Waals surface area (Å²) in [6.45, 7) is 3.70.